The van der Waals surface area contributed by atoms with Gasteiger partial charge in [0, 0.05) is 0 Å². The standard InChI is InChI=1S/C17H16FNO3/c1-11-7-8-15(14(18)9-11)19-16(20)10-22-17(21)13-6-4-3-5-12(13)2/h3-9H,10H2,1-2H3,(H,19,20). The molecule has 22 heavy (non-hydrogen) atoms. The lowest BCUT2D eigenvalue weighted by molar-refractivity contribution is -0.119. The Hall–Kier alpha value is -2.69. The fourth-order valence-corrected chi connectivity index (χ4v) is 1.92. The lowest BCUT2D eigenvalue weighted by atomic mass is 10.1. The number of esters is 1. The highest BCUT2D eigenvalue weighted by Crippen LogP contribution is 2.15. The zero-order valence-corrected chi connectivity index (χ0v) is 12.4. The van der Waals surface area contributed by atoms with Crippen LogP contribution in [0.3, 0.4) is 0 Å². The molecule has 0 fully saturated rings. The average Bonchev–Trinajstić information content (AvgIpc) is 2.48. The number of nitrogens with one attached hydrogen (secondary N) is 1. The molecule has 0 spiro atoms. The van der Waals surface area contributed by atoms with E-state index >= 15 is 0 Å². The number of amides is 1. The van der Waals surface area contributed by atoms with Crippen molar-refractivity contribution in [3.8, 4) is 0 Å². The molecule has 1 amide bonds. The molecule has 0 unspecified atom stereocenters. The van der Waals surface area contributed by atoms with Crippen molar-refractivity contribution in [3.05, 3.63) is 65.0 Å². The summed E-state index contributed by atoms with van der Waals surface area (Å²) in [6, 6.07) is 11.4. The Morgan fingerprint density at radius 2 is 1.86 bits per heavy atom. The third-order valence-corrected chi connectivity index (χ3v) is 3.10. The van der Waals surface area contributed by atoms with Gasteiger partial charge in [-0.25, -0.2) is 9.18 Å². The first-order valence-electron chi connectivity index (χ1n) is 6.76. The van der Waals surface area contributed by atoms with Gasteiger partial charge in [0.25, 0.3) is 5.91 Å². The van der Waals surface area contributed by atoms with Gasteiger partial charge in [0.05, 0.1) is 11.3 Å². The third kappa shape index (κ3) is 3.91. The molecule has 2 aromatic rings. The Kier molecular flexibility index (Phi) is 4.88. The van der Waals surface area contributed by atoms with Gasteiger partial charge in [-0.15, -0.1) is 0 Å². The molecule has 2 aromatic carbocycles. The van der Waals surface area contributed by atoms with Crippen LogP contribution in [-0.2, 0) is 9.53 Å². The van der Waals surface area contributed by atoms with Crippen molar-refractivity contribution in [1.82, 2.24) is 0 Å². The molecular weight excluding hydrogens is 285 g/mol. The molecular formula is C17H16FNO3. The molecule has 0 bridgehead atoms. The third-order valence-electron chi connectivity index (χ3n) is 3.10. The van der Waals surface area contributed by atoms with Gasteiger partial charge in [-0.2, -0.15) is 0 Å². The van der Waals surface area contributed by atoms with Crippen molar-refractivity contribution < 1.29 is 18.7 Å². The zero-order chi connectivity index (χ0) is 16.1. The van der Waals surface area contributed by atoms with E-state index in [4.69, 9.17) is 4.74 Å². The fourth-order valence-electron chi connectivity index (χ4n) is 1.92. The summed E-state index contributed by atoms with van der Waals surface area (Å²) in [4.78, 5) is 23.6. The predicted octanol–water partition coefficient (Wildman–Crippen LogP) is 3.24. The van der Waals surface area contributed by atoms with Gasteiger partial charge in [0.15, 0.2) is 6.61 Å². The molecule has 0 aliphatic carbocycles. The van der Waals surface area contributed by atoms with Gasteiger partial charge in [-0.1, -0.05) is 24.3 Å². The van der Waals surface area contributed by atoms with E-state index in [1.54, 1.807) is 44.2 Å². The summed E-state index contributed by atoms with van der Waals surface area (Å²) in [6.45, 7) is 3.05. The minimum Gasteiger partial charge on any atom is -0.452 e. The predicted molar refractivity (Wildman–Crippen MR) is 81.2 cm³/mol. The van der Waals surface area contributed by atoms with Gasteiger partial charge in [-0.3, -0.25) is 4.79 Å². The number of carbonyl (C=O) groups excluding carboxylic acids is 2. The van der Waals surface area contributed by atoms with E-state index in [0.717, 1.165) is 11.1 Å². The van der Waals surface area contributed by atoms with E-state index in [1.807, 2.05) is 0 Å². The van der Waals surface area contributed by atoms with Crippen LogP contribution in [0.1, 0.15) is 21.5 Å². The summed E-state index contributed by atoms with van der Waals surface area (Å²) < 4.78 is 18.5. The lowest BCUT2D eigenvalue weighted by Crippen LogP contribution is -2.21. The minimum absolute atomic E-state index is 0.0579. The van der Waals surface area contributed by atoms with Crippen LogP contribution in [-0.4, -0.2) is 18.5 Å². The van der Waals surface area contributed by atoms with Crippen LogP contribution in [0.5, 0.6) is 0 Å². The SMILES string of the molecule is Cc1ccc(NC(=O)COC(=O)c2ccccc2C)c(F)c1. The Bertz CT molecular complexity index is 713. The summed E-state index contributed by atoms with van der Waals surface area (Å²) in [6.07, 6.45) is 0. The van der Waals surface area contributed by atoms with Gasteiger partial charge in [0.2, 0.25) is 0 Å². The molecule has 4 nitrogen and oxygen atoms in total. The first-order chi connectivity index (χ1) is 10.5. The van der Waals surface area contributed by atoms with Crippen LogP contribution in [0.4, 0.5) is 10.1 Å². The summed E-state index contributed by atoms with van der Waals surface area (Å²) in [5, 5.41) is 2.37. The molecule has 114 valence electrons. The Morgan fingerprint density at radius 1 is 1.14 bits per heavy atom. The number of carbonyl (C=O) groups is 2. The fraction of sp³-hybridized carbons (Fsp3) is 0.176. The lowest BCUT2D eigenvalue weighted by Gasteiger charge is -2.09. The van der Waals surface area contributed by atoms with Crippen molar-refractivity contribution >= 4 is 17.6 Å². The highest BCUT2D eigenvalue weighted by atomic mass is 19.1. The number of hydrogen-bond acceptors (Lipinski definition) is 3. The molecule has 0 saturated heterocycles. The van der Waals surface area contributed by atoms with E-state index in [9.17, 15) is 14.0 Å². The van der Waals surface area contributed by atoms with Crippen molar-refractivity contribution in [3.63, 3.8) is 0 Å². The van der Waals surface area contributed by atoms with E-state index in [0.29, 0.717) is 5.56 Å². The van der Waals surface area contributed by atoms with Crippen molar-refractivity contribution in [1.29, 1.82) is 0 Å². The van der Waals surface area contributed by atoms with Crippen molar-refractivity contribution in [2.45, 2.75) is 13.8 Å². The molecule has 5 heteroatoms. The van der Waals surface area contributed by atoms with E-state index in [2.05, 4.69) is 5.32 Å². The van der Waals surface area contributed by atoms with Crippen LogP contribution in [0.25, 0.3) is 0 Å². The molecule has 0 heterocycles. The van der Waals surface area contributed by atoms with Crippen LogP contribution in [0.15, 0.2) is 42.5 Å². The number of rotatable bonds is 4. The molecule has 0 saturated carbocycles. The quantitative estimate of drug-likeness (QED) is 0.882. The zero-order valence-electron chi connectivity index (χ0n) is 12.4. The first-order valence-corrected chi connectivity index (χ1v) is 6.76. The summed E-state index contributed by atoms with van der Waals surface area (Å²) >= 11 is 0. The molecule has 0 aliphatic heterocycles. The molecule has 0 atom stereocenters. The Morgan fingerprint density at radius 3 is 2.55 bits per heavy atom. The van der Waals surface area contributed by atoms with Crippen LogP contribution in [0, 0.1) is 19.7 Å². The average molecular weight is 301 g/mol. The summed E-state index contributed by atoms with van der Waals surface area (Å²) in [7, 11) is 0. The van der Waals surface area contributed by atoms with Crippen LogP contribution < -0.4 is 5.32 Å². The van der Waals surface area contributed by atoms with E-state index in [1.165, 1.54) is 12.1 Å². The maximum atomic E-state index is 13.6. The first kappa shape index (κ1) is 15.7. The maximum Gasteiger partial charge on any atom is 0.338 e. The van der Waals surface area contributed by atoms with Crippen LogP contribution in [0.2, 0.25) is 0 Å². The highest BCUT2D eigenvalue weighted by molar-refractivity contribution is 5.96. The largest absolute Gasteiger partial charge is 0.452 e. The number of halogens is 1. The van der Waals surface area contributed by atoms with E-state index < -0.39 is 24.3 Å². The monoisotopic (exact) mass is 301 g/mol. The van der Waals surface area contributed by atoms with Crippen molar-refractivity contribution in [2.75, 3.05) is 11.9 Å². The molecule has 0 radical (unpaired) electrons. The van der Waals surface area contributed by atoms with Gasteiger partial charge >= 0.3 is 5.97 Å². The second-order valence-electron chi connectivity index (χ2n) is 4.92. The number of aryl methyl sites for hydroxylation is 2. The van der Waals surface area contributed by atoms with Crippen molar-refractivity contribution in [2.24, 2.45) is 0 Å². The van der Waals surface area contributed by atoms with E-state index in [-0.39, 0.29) is 5.69 Å². The molecule has 0 aromatic heterocycles. The normalized spacial score (nSPS) is 10.1. The second-order valence-corrected chi connectivity index (χ2v) is 4.92. The van der Waals surface area contributed by atoms with Gasteiger partial charge in [-0.05, 0) is 43.2 Å². The number of hydrogen-bond donors (Lipinski definition) is 1. The van der Waals surface area contributed by atoms with Gasteiger partial charge < -0.3 is 10.1 Å². The number of ether oxygens (including phenoxy) is 1. The molecule has 0 aliphatic rings. The topological polar surface area (TPSA) is 55.4 Å². The minimum atomic E-state index is -0.593. The Labute approximate surface area is 127 Å². The summed E-state index contributed by atoms with van der Waals surface area (Å²) in [5.74, 6) is -1.71. The highest BCUT2D eigenvalue weighted by Gasteiger charge is 2.13. The maximum absolute atomic E-state index is 13.6. The van der Waals surface area contributed by atoms with Gasteiger partial charge in [0.1, 0.15) is 5.82 Å². The smallest absolute Gasteiger partial charge is 0.338 e. The number of benzene rings is 2. The summed E-state index contributed by atoms with van der Waals surface area (Å²) in [5.41, 5.74) is 1.97. The second kappa shape index (κ2) is 6.85. The Balaban J connectivity index is 1.93. The van der Waals surface area contributed by atoms with Crippen LogP contribution >= 0.6 is 0 Å². The molecule has 1 N–H and O–H groups in total. The number of anilines is 1. The molecule has 2 rings (SSSR count).